The number of amides is 2. The Labute approximate surface area is 200 Å². The van der Waals surface area contributed by atoms with Crippen molar-refractivity contribution in [2.24, 2.45) is 5.92 Å². The van der Waals surface area contributed by atoms with Crippen molar-refractivity contribution in [1.82, 2.24) is 4.31 Å². The highest BCUT2D eigenvalue weighted by molar-refractivity contribution is 7.89. The van der Waals surface area contributed by atoms with E-state index in [0.717, 1.165) is 29.8 Å². The second kappa shape index (κ2) is 10.1. The van der Waals surface area contributed by atoms with Gasteiger partial charge in [0, 0.05) is 37.9 Å². The summed E-state index contributed by atoms with van der Waals surface area (Å²) in [5.41, 5.74) is 2.30. The zero-order chi connectivity index (χ0) is 24.3. The van der Waals surface area contributed by atoms with E-state index in [2.05, 4.69) is 5.32 Å². The van der Waals surface area contributed by atoms with Crippen LogP contribution in [0.15, 0.2) is 47.4 Å². The summed E-state index contributed by atoms with van der Waals surface area (Å²) in [6.45, 7) is 5.16. The number of anilines is 2. The number of sulfonamides is 1. The van der Waals surface area contributed by atoms with Gasteiger partial charge in [-0.3, -0.25) is 9.59 Å². The molecule has 1 saturated heterocycles. The molecule has 2 aliphatic rings. The van der Waals surface area contributed by atoms with E-state index in [0.29, 0.717) is 38.2 Å². The fourth-order valence-corrected chi connectivity index (χ4v) is 6.21. The van der Waals surface area contributed by atoms with E-state index in [-0.39, 0.29) is 23.3 Å². The molecule has 1 fully saturated rings. The summed E-state index contributed by atoms with van der Waals surface area (Å²) < 4.78 is 33.7. The molecule has 8 nitrogen and oxygen atoms in total. The number of rotatable bonds is 6. The number of fused-ring (bicyclic) bond motifs is 1. The van der Waals surface area contributed by atoms with Gasteiger partial charge in [0.15, 0.2) is 0 Å². The van der Waals surface area contributed by atoms with Crippen molar-refractivity contribution in [2.45, 2.75) is 44.4 Å². The highest BCUT2D eigenvalue weighted by atomic mass is 32.2. The lowest BCUT2D eigenvalue weighted by molar-refractivity contribution is -0.121. The number of carbonyl (C=O) groups is 2. The fraction of sp³-hybridized carbons (Fsp3) is 0.440. The largest absolute Gasteiger partial charge is 0.494 e. The van der Waals surface area contributed by atoms with E-state index in [1.165, 1.54) is 11.2 Å². The van der Waals surface area contributed by atoms with Gasteiger partial charge in [-0.15, -0.1) is 0 Å². The van der Waals surface area contributed by atoms with Gasteiger partial charge in [0.05, 0.1) is 17.4 Å². The lowest BCUT2D eigenvalue weighted by atomic mass is 9.98. The summed E-state index contributed by atoms with van der Waals surface area (Å²) in [7, 11) is -3.75. The lowest BCUT2D eigenvalue weighted by Crippen LogP contribution is -2.43. The molecule has 0 unspecified atom stereocenters. The molecule has 0 aromatic heterocycles. The second-order valence-electron chi connectivity index (χ2n) is 8.71. The topological polar surface area (TPSA) is 96.0 Å². The molecule has 2 aliphatic heterocycles. The monoisotopic (exact) mass is 485 g/mol. The quantitative estimate of drug-likeness (QED) is 0.676. The molecule has 2 aromatic carbocycles. The van der Waals surface area contributed by atoms with Crippen LogP contribution < -0.4 is 15.0 Å². The summed E-state index contributed by atoms with van der Waals surface area (Å²) >= 11 is 0. The lowest BCUT2D eigenvalue weighted by Gasteiger charge is -2.32. The van der Waals surface area contributed by atoms with Gasteiger partial charge in [0.2, 0.25) is 21.8 Å². The Bertz CT molecular complexity index is 1160. The van der Waals surface area contributed by atoms with Crippen molar-refractivity contribution in [3.05, 3.63) is 48.0 Å². The number of ether oxygens (including phenoxy) is 1. The van der Waals surface area contributed by atoms with Crippen LogP contribution in [-0.4, -0.2) is 50.8 Å². The molecule has 0 saturated carbocycles. The summed E-state index contributed by atoms with van der Waals surface area (Å²) in [4.78, 5) is 26.7. The zero-order valence-corrected chi connectivity index (χ0v) is 20.4. The minimum absolute atomic E-state index is 0.0472. The Morgan fingerprint density at radius 1 is 1.09 bits per heavy atom. The normalized spacial score (nSPS) is 18.8. The predicted molar refractivity (Wildman–Crippen MR) is 131 cm³/mol. The number of carbonyl (C=O) groups excluding carboxylic acids is 2. The van der Waals surface area contributed by atoms with Gasteiger partial charge in [-0.1, -0.05) is 0 Å². The molecule has 1 N–H and O–H groups in total. The number of hydrogen-bond donors (Lipinski definition) is 1. The maximum absolute atomic E-state index is 13.4. The Morgan fingerprint density at radius 3 is 2.56 bits per heavy atom. The van der Waals surface area contributed by atoms with Gasteiger partial charge in [-0.05, 0) is 80.6 Å². The molecule has 34 heavy (non-hydrogen) atoms. The zero-order valence-electron chi connectivity index (χ0n) is 19.6. The average Bonchev–Trinajstić information content (AvgIpc) is 2.84. The second-order valence-corrected chi connectivity index (χ2v) is 10.7. The fourth-order valence-electron chi connectivity index (χ4n) is 4.63. The summed E-state index contributed by atoms with van der Waals surface area (Å²) in [5, 5.41) is 2.90. The summed E-state index contributed by atoms with van der Waals surface area (Å²) in [6, 6.07) is 12.1. The van der Waals surface area contributed by atoms with Crippen molar-refractivity contribution in [1.29, 1.82) is 0 Å². The van der Waals surface area contributed by atoms with Crippen molar-refractivity contribution >= 4 is 33.2 Å². The van der Waals surface area contributed by atoms with Crippen LogP contribution in [0, 0.1) is 5.92 Å². The third-order valence-corrected chi connectivity index (χ3v) is 8.24. The molecule has 2 heterocycles. The number of piperidine rings is 1. The third-order valence-electron chi connectivity index (χ3n) is 6.38. The van der Waals surface area contributed by atoms with Crippen molar-refractivity contribution in [3.8, 4) is 5.75 Å². The molecular formula is C25H31N3O5S. The first-order valence-corrected chi connectivity index (χ1v) is 13.2. The van der Waals surface area contributed by atoms with Crippen LogP contribution in [0.25, 0.3) is 0 Å². The van der Waals surface area contributed by atoms with E-state index in [1.807, 2.05) is 6.92 Å². The van der Waals surface area contributed by atoms with Crippen LogP contribution in [0.1, 0.15) is 38.7 Å². The van der Waals surface area contributed by atoms with Crippen molar-refractivity contribution < 1.29 is 22.7 Å². The van der Waals surface area contributed by atoms with Crippen LogP contribution in [0.3, 0.4) is 0 Å². The van der Waals surface area contributed by atoms with Gasteiger partial charge in [-0.25, -0.2) is 8.42 Å². The predicted octanol–water partition coefficient (Wildman–Crippen LogP) is 3.42. The Morgan fingerprint density at radius 2 is 1.85 bits per heavy atom. The van der Waals surface area contributed by atoms with E-state index < -0.39 is 15.9 Å². The number of benzene rings is 2. The highest BCUT2D eigenvalue weighted by Gasteiger charge is 2.34. The van der Waals surface area contributed by atoms with E-state index >= 15 is 0 Å². The Balaban J connectivity index is 1.46. The van der Waals surface area contributed by atoms with Crippen LogP contribution in [0.2, 0.25) is 0 Å². The smallest absolute Gasteiger partial charge is 0.243 e. The first-order valence-electron chi connectivity index (χ1n) is 11.7. The Kier molecular flexibility index (Phi) is 7.23. The maximum Gasteiger partial charge on any atom is 0.243 e. The minimum Gasteiger partial charge on any atom is -0.494 e. The molecule has 182 valence electrons. The van der Waals surface area contributed by atoms with Crippen molar-refractivity contribution in [3.63, 3.8) is 0 Å². The molecule has 1 atom stereocenters. The average molecular weight is 486 g/mol. The Hall–Kier alpha value is -2.91. The number of aryl methyl sites for hydroxylation is 1. The molecule has 0 spiro atoms. The molecule has 2 amide bonds. The van der Waals surface area contributed by atoms with Gasteiger partial charge in [-0.2, -0.15) is 4.31 Å². The molecule has 9 heteroatoms. The van der Waals surface area contributed by atoms with E-state index in [9.17, 15) is 18.0 Å². The molecule has 0 bridgehead atoms. The van der Waals surface area contributed by atoms with Gasteiger partial charge < -0.3 is 15.0 Å². The molecule has 2 aromatic rings. The third kappa shape index (κ3) is 5.10. The standard InChI is InChI=1S/C25H31N3O5S/c1-3-33-22-10-8-21(9-11-22)26-25(30)20-7-4-14-27(17-20)34(31,32)23-12-13-24-19(16-23)6-5-15-28(24)18(2)29/h8-13,16,20H,3-7,14-15,17H2,1-2H3,(H,26,30)/t20-/m0/s1. The van der Waals surface area contributed by atoms with Gasteiger partial charge in [0.1, 0.15) is 5.75 Å². The van der Waals surface area contributed by atoms with E-state index in [1.54, 1.807) is 47.4 Å². The SMILES string of the molecule is CCOc1ccc(NC(=O)[C@H]2CCCN(S(=O)(=O)c3ccc4c(c3)CCCN4C(C)=O)C2)cc1. The van der Waals surface area contributed by atoms with Crippen molar-refractivity contribution in [2.75, 3.05) is 36.5 Å². The highest BCUT2D eigenvalue weighted by Crippen LogP contribution is 2.32. The molecule has 0 radical (unpaired) electrons. The molecule has 4 rings (SSSR count). The number of nitrogens with zero attached hydrogens (tertiary/aromatic N) is 2. The first-order chi connectivity index (χ1) is 16.3. The van der Waals surface area contributed by atoms with Crippen LogP contribution in [0.4, 0.5) is 11.4 Å². The maximum atomic E-state index is 13.4. The summed E-state index contributed by atoms with van der Waals surface area (Å²) in [5.74, 6) is 0.0633. The minimum atomic E-state index is -3.75. The van der Waals surface area contributed by atoms with Crippen LogP contribution >= 0.6 is 0 Å². The van der Waals surface area contributed by atoms with E-state index in [4.69, 9.17) is 4.74 Å². The summed E-state index contributed by atoms with van der Waals surface area (Å²) in [6.07, 6.45) is 2.78. The van der Waals surface area contributed by atoms with Gasteiger partial charge >= 0.3 is 0 Å². The van der Waals surface area contributed by atoms with Crippen LogP contribution in [0.5, 0.6) is 5.75 Å². The number of hydrogen-bond acceptors (Lipinski definition) is 5. The van der Waals surface area contributed by atoms with Crippen LogP contribution in [-0.2, 0) is 26.0 Å². The molecular weight excluding hydrogens is 454 g/mol. The number of nitrogens with one attached hydrogen (secondary N) is 1. The van der Waals surface area contributed by atoms with Gasteiger partial charge in [0.25, 0.3) is 0 Å². The molecule has 0 aliphatic carbocycles. The first kappa shape index (κ1) is 24.2.